The summed E-state index contributed by atoms with van der Waals surface area (Å²) in [7, 11) is 4.03. The van der Waals surface area contributed by atoms with E-state index < -0.39 is 0 Å². The van der Waals surface area contributed by atoms with Crippen molar-refractivity contribution in [2.45, 2.75) is 6.54 Å². The number of nitrogens with zero attached hydrogens (tertiary/aromatic N) is 5. The highest BCUT2D eigenvalue weighted by atomic mass is 32.1. The minimum Gasteiger partial charge on any atom is -0.305 e. The zero-order chi connectivity index (χ0) is 8.27. The van der Waals surface area contributed by atoms with Gasteiger partial charge in [0.15, 0.2) is 5.21 Å². The maximum absolute atomic E-state index is 4.09. The average Bonchev–Trinajstić information content (AvgIpc) is 2.31. The Labute approximate surface area is 71.1 Å². The molecule has 0 fully saturated rings. The monoisotopic (exact) mass is 174 g/mol. The molecule has 1 aromatic heterocycles. The molecule has 0 bridgehead atoms. The fourth-order valence-electron chi connectivity index (χ4n) is 0.666. The lowest BCUT2D eigenvalue weighted by molar-refractivity contribution is -0.812. The second-order valence-electron chi connectivity index (χ2n) is 2.54. The van der Waals surface area contributed by atoms with Crippen molar-refractivity contribution in [3.63, 3.8) is 0 Å². The summed E-state index contributed by atoms with van der Waals surface area (Å²) in [6, 6.07) is 0. The lowest BCUT2D eigenvalue weighted by Gasteiger charge is -2.05. The molecule has 62 valence electrons. The van der Waals surface area contributed by atoms with Crippen molar-refractivity contribution in [2.75, 3.05) is 20.6 Å². The first kappa shape index (κ1) is 8.48. The van der Waals surface area contributed by atoms with Gasteiger partial charge in [-0.2, -0.15) is 0 Å². The molecule has 1 rings (SSSR count). The summed E-state index contributed by atoms with van der Waals surface area (Å²) >= 11 is 4.09. The van der Waals surface area contributed by atoms with Gasteiger partial charge >= 0.3 is 0 Å². The van der Waals surface area contributed by atoms with Crippen molar-refractivity contribution >= 4 is 12.8 Å². The number of likely N-dealkylation sites (N-methyl/N-ethyl adjacent to an activating group) is 1. The van der Waals surface area contributed by atoms with Crippen molar-refractivity contribution in [3.05, 3.63) is 6.33 Å². The van der Waals surface area contributed by atoms with Gasteiger partial charge in [0.2, 0.25) is 0 Å². The lowest BCUT2D eigenvalue weighted by Crippen LogP contribution is -2.46. The highest BCUT2D eigenvalue weighted by Crippen LogP contribution is 1.77. The smallest absolute Gasteiger partial charge is 0.283 e. The van der Waals surface area contributed by atoms with E-state index in [-0.39, 0.29) is 0 Å². The van der Waals surface area contributed by atoms with E-state index in [1.165, 1.54) is 0 Å². The predicted octanol–water partition coefficient (Wildman–Crippen LogP) is -1.18. The van der Waals surface area contributed by atoms with Crippen LogP contribution in [0.3, 0.4) is 0 Å². The van der Waals surface area contributed by atoms with Crippen molar-refractivity contribution in [1.29, 1.82) is 0 Å². The zero-order valence-corrected chi connectivity index (χ0v) is 7.57. The Balaban J connectivity index is 2.44. The van der Waals surface area contributed by atoms with Gasteiger partial charge in [0, 0.05) is 6.54 Å². The van der Waals surface area contributed by atoms with Crippen LogP contribution < -0.4 is 4.80 Å². The van der Waals surface area contributed by atoms with Crippen molar-refractivity contribution in [2.24, 2.45) is 0 Å². The average molecular weight is 174 g/mol. The van der Waals surface area contributed by atoms with E-state index >= 15 is 0 Å². The molecule has 6 heteroatoms. The highest BCUT2D eigenvalue weighted by Gasteiger charge is 2.05. The fourth-order valence-corrected chi connectivity index (χ4v) is 0.838. The Morgan fingerprint density at radius 1 is 1.64 bits per heavy atom. The van der Waals surface area contributed by atoms with Crippen LogP contribution in [0.2, 0.25) is 0 Å². The van der Waals surface area contributed by atoms with E-state index in [4.69, 9.17) is 0 Å². The van der Waals surface area contributed by atoms with Crippen LogP contribution in [0.5, 0.6) is 0 Å². The van der Waals surface area contributed by atoms with Crippen molar-refractivity contribution < 1.29 is 4.80 Å². The Bertz CT molecular complexity index is 220. The molecule has 1 aromatic rings. The van der Waals surface area contributed by atoms with Gasteiger partial charge < -0.3 is 4.90 Å². The normalized spacial score (nSPS) is 10.9. The molecule has 11 heavy (non-hydrogen) atoms. The number of tetrazole rings is 1. The quantitative estimate of drug-likeness (QED) is 0.463. The minimum absolute atomic E-state index is 0.802. The SMILES string of the molecule is CN(C)CC[n+]1nncn1S. The number of thiol groups is 1. The molecule has 0 saturated heterocycles. The topological polar surface area (TPSA) is 37.8 Å². The molecule has 0 aliphatic rings. The standard InChI is InChI=1S/C5H12N5S/c1-8(2)3-4-9-7-6-5-10(9)11/h5,11H,3-4H2,1-2H3/q+1. The Hall–Kier alpha value is -0.620. The van der Waals surface area contributed by atoms with Crippen molar-refractivity contribution in [1.82, 2.24) is 19.3 Å². The largest absolute Gasteiger partial charge is 0.305 e. The van der Waals surface area contributed by atoms with Crippen LogP contribution in [-0.2, 0) is 6.54 Å². The number of hydrogen-bond donors (Lipinski definition) is 1. The molecule has 0 aliphatic heterocycles. The van der Waals surface area contributed by atoms with E-state index in [1.54, 1.807) is 15.2 Å². The second kappa shape index (κ2) is 3.68. The van der Waals surface area contributed by atoms with Gasteiger partial charge in [-0.1, -0.05) is 0 Å². The summed E-state index contributed by atoms with van der Waals surface area (Å²) in [5, 5.41) is 7.49. The van der Waals surface area contributed by atoms with Gasteiger partial charge in [-0.05, 0) is 31.7 Å². The third kappa shape index (κ3) is 2.47. The summed E-state index contributed by atoms with van der Waals surface area (Å²) in [6.45, 7) is 1.74. The third-order valence-electron chi connectivity index (χ3n) is 1.29. The third-order valence-corrected chi connectivity index (χ3v) is 1.60. The van der Waals surface area contributed by atoms with Gasteiger partial charge in [-0.25, -0.2) is 0 Å². The van der Waals surface area contributed by atoms with E-state index in [0.717, 1.165) is 13.1 Å². The molecule has 5 nitrogen and oxygen atoms in total. The van der Waals surface area contributed by atoms with Gasteiger partial charge in [-0.3, -0.25) is 0 Å². The first-order valence-electron chi connectivity index (χ1n) is 3.34. The summed E-state index contributed by atoms with van der Waals surface area (Å²) in [4.78, 5) is 3.76. The summed E-state index contributed by atoms with van der Waals surface area (Å²) in [6.07, 6.45) is 1.55. The highest BCUT2D eigenvalue weighted by molar-refractivity contribution is 7.78. The van der Waals surface area contributed by atoms with E-state index in [0.29, 0.717) is 0 Å². The Kier molecular flexibility index (Phi) is 2.84. The van der Waals surface area contributed by atoms with Crippen LogP contribution in [0.1, 0.15) is 0 Å². The van der Waals surface area contributed by atoms with Crippen LogP contribution in [-0.4, -0.2) is 39.9 Å². The maximum atomic E-state index is 4.09. The first-order chi connectivity index (χ1) is 5.20. The van der Waals surface area contributed by atoms with E-state index in [2.05, 4.69) is 28.0 Å². The van der Waals surface area contributed by atoms with Crippen LogP contribution >= 0.6 is 12.8 Å². The Morgan fingerprint density at radius 3 is 2.82 bits per heavy atom. The van der Waals surface area contributed by atoms with Gasteiger partial charge in [0.25, 0.3) is 6.33 Å². The van der Waals surface area contributed by atoms with Crippen LogP contribution in [0, 0.1) is 0 Å². The molecule has 0 spiro atoms. The molecule has 0 aliphatic carbocycles. The minimum atomic E-state index is 0.802. The molecule has 0 unspecified atom stereocenters. The molecular weight excluding hydrogens is 162 g/mol. The Morgan fingerprint density at radius 2 is 2.36 bits per heavy atom. The fraction of sp³-hybridized carbons (Fsp3) is 0.800. The van der Waals surface area contributed by atoms with Crippen LogP contribution in [0.25, 0.3) is 0 Å². The second-order valence-corrected chi connectivity index (χ2v) is 2.95. The van der Waals surface area contributed by atoms with Crippen LogP contribution in [0.4, 0.5) is 0 Å². The van der Waals surface area contributed by atoms with Crippen LogP contribution in [0.15, 0.2) is 6.33 Å². The van der Waals surface area contributed by atoms with Gasteiger partial charge in [0.05, 0.1) is 5.10 Å². The van der Waals surface area contributed by atoms with Gasteiger partial charge in [-0.15, -0.1) is 4.09 Å². The lowest BCUT2D eigenvalue weighted by atomic mass is 10.6. The molecular formula is C5H12N5S+. The van der Waals surface area contributed by atoms with E-state index in [1.807, 2.05) is 14.1 Å². The summed E-state index contributed by atoms with van der Waals surface area (Å²) in [5.41, 5.74) is 0. The molecule has 0 radical (unpaired) electrons. The van der Waals surface area contributed by atoms with Crippen molar-refractivity contribution in [3.8, 4) is 0 Å². The first-order valence-corrected chi connectivity index (χ1v) is 3.74. The molecule has 0 saturated carbocycles. The summed E-state index contributed by atoms with van der Waals surface area (Å²) in [5.74, 6) is 0. The van der Waals surface area contributed by atoms with Gasteiger partial charge in [0.1, 0.15) is 6.54 Å². The molecule has 0 atom stereocenters. The number of rotatable bonds is 3. The molecule has 0 amide bonds. The zero-order valence-electron chi connectivity index (χ0n) is 6.67. The predicted molar refractivity (Wildman–Crippen MR) is 43.2 cm³/mol. The maximum Gasteiger partial charge on any atom is 0.283 e. The molecule has 1 heterocycles. The molecule has 0 N–H and O–H groups in total. The number of aromatic nitrogens is 4. The molecule has 0 aromatic carbocycles. The van der Waals surface area contributed by atoms with E-state index in [9.17, 15) is 0 Å². The summed E-state index contributed by atoms with van der Waals surface area (Å²) < 4.78 is 1.56. The number of hydrogen-bond acceptors (Lipinski definition) is 4.